The molecule has 1 nitrogen and oxygen atoms in total. The highest BCUT2D eigenvalue weighted by molar-refractivity contribution is 14.1. The van der Waals surface area contributed by atoms with Crippen LogP contribution in [0.3, 0.4) is 0 Å². The Bertz CT molecular complexity index is 514. The molecule has 0 fully saturated rings. The highest BCUT2D eigenvalue weighted by atomic mass is 127. The average molecular weight is 331 g/mol. The van der Waals surface area contributed by atoms with Gasteiger partial charge in [0.25, 0.3) is 0 Å². The molecule has 0 N–H and O–H groups in total. The van der Waals surface area contributed by atoms with Crippen LogP contribution in [0.2, 0.25) is 0 Å². The Kier molecular flexibility index (Phi) is 3.38. The van der Waals surface area contributed by atoms with Crippen molar-refractivity contribution in [2.45, 2.75) is 0 Å². The van der Waals surface area contributed by atoms with Gasteiger partial charge in [-0.25, -0.2) is 4.39 Å². The molecule has 0 aromatic heterocycles. The second-order valence-electron chi connectivity index (χ2n) is 3.03. The van der Waals surface area contributed by atoms with E-state index in [9.17, 15) is 8.78 Å². The summed E-state index contributed by atoms with van der Waals surface area (Å²) in [7, 11) is 0. The van der Waals surface area contributed by atoms with Crippen LogP contribution < -0.4 is 4.74 Å². The van der Waals surface area contributed by atoms with Crippen LogP contribution in [-0.4, -0.2) is 0 Å². The zero-order valence-corrected chi connectivity index (χ0v) is 10.2. The van der Waals surface area contributed by atoms with Crippen molar-refractivity contribution in [2.75, 3.05) is 0 Å². The first-order valence-electron chi connectivity index (χ1n) is 4.46. The van der Waals surface area contributed by atoms with Gasteiger partial charge in [-0.2, -0.15) is 4.39 Å². The Labute approximate surface area is 105 Å². The summed E-state index contributed by atoms with van der Waals surface area (Å²) in [6, 6.07) is 11.7. The number of rotatable bonds is 2. The van der Waals surface area contributed by atoms with Gasteiger partial charge in [0.1, 0.15) is 5.75 Å². The second-order valence-corrected chi connectivity index (χ2v) is 4.19. The molecule has 0 bridgehead atoms. The van der Waals surface area contributed by atoms with E-state index in [1.54, 1.807) is 18.2 Å². The lowest BCUT2D eigenvalue weighted by atomic mass is 10.3. The van der Waals surface area contributed by atoms with Gasteiger partial charge in [-0.1, -0.05) is 6.07 Å². The van der Waals surface area contributed by atoms with E-state index in [1.165, 1.54) is 12.1 Å². The van der Waals surface area contributed by atoms with Gasteiger partial charge in [0.05, 0.1) is 0 Å². The van der Waals surface area contributed by atoms with Crippen LogP contribution >= 0.6 is 22.6 Å². The third-order valence-corrected chi connectivity index (χ3v) is 2.50. The molecule has 16 heavy (non-hydrogen) atoms. The van der Waals surface area contributed by atoms with Crippen molar-refractivity contribution in [3.05, 3.63) is 57.7 Å². The van der Waals surface area contributed by atoms with E-state index in [0.29, 0.717) is 5.75 Å². The molecule has 0 aliphatic carbocycles. The topological polar surface area (TPSA) is 9.23 Å². The van der Waals surface area contributed by atoms with E-state index in [4.69, 9.17) is 4.74 Å². The van der Waals surface area contributed by atoms with Gasteiger partial charge in [-0.15, -0.1) is 0 Å². The number of hydrogen-bond donors (Lipinski definition) is 0. The van der Waals surface area contributed by atoms with Crippen molar-refractivity contribution in [1.82, 2.24) is 0 Å². The first kappa shape index (κ1) is 11.3. The number of halogens is 3. The zero-order valence-electron chi connectivity index (χ0n) is 8.01. The summed E-state index contributed by atoms with van der Waals surface area (Å²) in [5.41, 5.74) is 0. The molecular formula is C12H6F2IO. The Morgan fingerprint density at radius 2 is 2.00 bits per heavy atom. The van der Waals surface area contributed by atoms with E-state index in [0.717, 1.165) is 9.64 Å². The third-order valence-electron chi connectivity index (χ3n) is 1.88. The molecule has 0 heterocycles. The van der Waals surface area contributed by atoms with Crippen molar-refractivity contribution in [1.29, 1.82) is 0 Å². The van der Waals surface area contributed by atoms with Crippen LogP contribution in [0.5, 0.6) is 11.5 Å². The lowest BCUT2D eigenvalue weighted by molar-refractivity contribution is 0.416. The summed E-state index contributed by atoms with van der Waals surface area (Å²) in [5.74, 6) is -1.57. The smallest absolute Gasteiger partial charge is 0.201 e. The maximum absolute atomic E-state index is 13.3. The van der Waals surface area contributed by atoms with E-state index in [-0.39, 0.29) is 5.75 Å². The lowest BCUT2D eigenvalue weighted by Crippen LogP contribution is -1.91. The number of hydrogen-bond acceptors (Lipinski definition) is 1. The van der Waals surface area contributed by atoms with Gasteiger partial charge in [0, 0.05) is 3.57 Å². The molecule has 0 saturated heterocycles. The predicted molar refractivity (Wildman–Crippen MR) is 64.4 cm³/mol. The Morgan fingerprint density at radius 3 is 2.75 bits per heavy atom. The molecule has 4 heteroatoms. The van der Waals surface area contributed by atoms with Crippen LogP contribution in [0.25, 0.3) is 0 Å². The minimum atomic E-state index is -0.981. The van der Waals surface area contributed by atoms with Gasteiger partial charge in [0.2, 0.25) is 5.82 Å². The number of ether oxygens (including phenoxy) is 1. The molecule has 2 rings (SSSR count). The van der Waals surface area contributed by atoms with E-state index in [2.05, 4.69) is 28.7 Å². The first-order chi connectivity index (χ1) is 7.66. The van der Waals surface area contributed by atoms with Crippen LogP contribution in [-0.2, 0) is 0 Å². The van der Waals surface area contributed by atoms with E-state index < -0.39 is 11.6 Å². The fourth-order valence-electron chi connectivity index (χ4n) is 1.17. The zero-order chi connectivity index (χ0) is 11.5. The normalized spacial score (nSPS) is 10.2. The highest BCUT2D eigenvalue weighted by Crippen LogP contribution is 2.26. The van der Waals surface area contributed by atoms with Gasteiger partial charge in [-0.3, -0.25) is 0 Å². The SMILES string of the molecule is Fc1cccc(Oc2cc[c]c(I)c2)c1F. The maximum atomic E-state index is 13.3. The molecular weight excluding hydrogens is 325 g/mol. The van der Waals surface area contributed by atoms with Gasteiger partial charge in [0.15, 0.2) is 11.6 Å². The predicted octanol–water partition coefficient (Wildman–Crippen LogP) is 4.16. The van der Waals surface area contributed by atoms with E-state index in [1.807, 2.05) is 0 Å². The van der Waals surface area contributed by atoms with Crippen LogP contribution in [0.1, 0.15) is 0 Å². The average Bonchev–Trinajstić information content (AvgIpc) is 2.25. The van der Waals surface area contributed by atoms with Gasteiger partial charge >= 0.3 is 0 Å². The van der Waals surface area contributed by atoms with Crippen LogP contribution in [0, 0.1) is 21.3 Å². The summed E-state index contributed by atoms with van der Waals surface area (Å²) < 4.78 is 32.2. The summed E-state index contributed by atoms with van der Waals surface area (Å²) in [6.07, 6.45) is 0. The first-order valence-corrected chi connectivity index (χ1v) is 5.54. The summed E-state index contributed by atoms with van der Waals surface area (Å²) in [5, 5.41) is 0. The molecule has 0 amide bonds. The molecule has 0 aliphatic heterocycles. The molecule has 0 aliphatic rings. The summed E-state index contributed by atoms with van der Waals surface area (Å²) in [6.45, 7) is 0. The standard InChI is InChI=1S/C12H6F2IO/c13-10-5-2-6-11(12(10)14)16-9-4-1-3-8(15)7-9/h1-2,4-7H. The maximum Gasteiger partial charge on any atom is 0.201 e. The lowest BCUT2D eigenvalue weighted by Gasteiger charge is -2.06. The molecule has 2 aromatic carbocycles. The minimum Gasteiger partial charge on any atom is -0.454 e. The van der Waals surface area contributed by atoms with Gasteiger partial charge < -0.3 is 4.74 Å². The summed E-state index contributed by atoms with van der Waals surface area (Å²) >= 11 is 2.06. The van der Waals surface area contributed by atoms with E-state index >= 15 is 0 Å². The van der Waals surface area contributed by atoms with Crippen LogP contribution in [0.15, 0.2) is 36.4 Å². The fourth-order valence-corrected chi connectivity index (χ4v) is 1.66. The van der Waals surface area contributed by atoms with Gasteiger partial charge in [-0.05, 0) is 59.0 Å². The monoisotopic (exact) mass is 331 g/mol. The minimum absolute atomic E-state index is 0.123. The molecule has 81 valence electrons. The van der Waals surface area contributed by atoms with Crippen molar-refractivity contribution >= 4 is 22.6 Å². The largest absolute Gasteiger partial charge is 0.454 e. The molecule has 0 spiro atoms. The van der Waals surface area contributed by atoms with Crippen molar-refractivity contribution in [3.8, 4) is 11.5 Å². The second kappa shape index (κ2) is 4.78. The highest BCUT2D eigenvalue weighted by Gasteiger charge is 2.09. The Balaban J connectivity index is 2.31. The molecule has 0 unspecified atom stereocenters. The Hall–Kier alpha value is -1.17. The molecule has 0 saturated carbocycles. The summed E-state index contributed by atoms with van der Waals surface area (Å²) in [4.78, 5) is 0. The fraction of sp³-hybridized carbons (Fsp3) is 0. The quantitative estimate of drug-likeness (QED) is 0.751. The van der Waals surface area contributed by atoms with Crippen molar-refractivity contribution in [2.24, 2.45) is 0 Å². The molecule has 1 radical (unpaired) electrons. The molecule has 2 aromatic rings. The third kappa shape index (κ3) is 2.49. The van der Waals surface area contributed by atoms with Crippen molar-refractivity contribution in [3.63, 3.8) is 0 Å². The van der Waals surface area contributed by atoms with Crippen LogP contribution in [0.4, 0.5) is 8.78 Å². The number of benzene rings is 2. The molecule has 0 atom stereocenters. The Morgan fingerprint density at radius 1 is 1.19 bits per heavy atom. The van der Waals surface area contributed by atoms with Crippen molar-refractivity contribution < 1.29 is 13.5 Å².